The summed E-state index contributed by atoms with van der Waals surface area (Å²) in [7, 11) is -4.81. The summed E-state index contributed by atoms with van der Waals surface area (Å²) in [6.07, 6.45) is 1.43. The Morgan fingerprint density at radius 1 is 1.50 bits per heavy atom. The molecule has 0 aliphatic carbocycles. The first-order chi connectivity index (χ1) is 10.3. The number of imidazole rings is 1. The van der Waals surface area contributed by atoms with E-state index < -0.39 is 7.82 Å². The molecule has 22 heavy (non-hydrogen) atoms. The number of aliphatic hydroxyl groups is 1. The fourth-order valence-electron chi connectivity index (χ4n) is 1.29. The quantitative estimate of drug-likeness (QED) is 0.321. The first kappa shape index (κ1) is 18.2. The molecule has 2 heterocycles. The van der Waals surface area contributed by atoms with Crippen LogP contribution in [0.3, 0.4) is 0 Å². The molecule has 0 saturated heterocycles. The van der Waals surface area contributed by atoms with Crippen LogP contribution in [-0.2, 0) is 20.8 Å². The Kier molecular flexibility index (Phi) is 6.55. The van der Waals surface area contributed by atoms with Gasteiger partial charge in [-0.1, -0.05) is 4.73 Å². The lowest BCUT2D eigenvalue weighted by atomic mass is 10.5. The molecular weight excluding hydrogens is 328 g/mol. The summed E-state index contributed by atoms with van der Waals surface area (Å²) in [6.45, 7) is 0.300. The fraction of sp³-hybridized carbons (Fsp3) is 0.375. The van der Waals surface area contributed by atoms with E-state index in [-0.39, 0.29) is 37.0 Å². The van der Waals surface area contributed by atoms with Crippen molar-refractivity contribution < 1.29 is 33.4 Å². The molecular formula is C8H13FN5O7P. The molecule has 0 bridgehead atoms. The minimum absolute atomic E-state index is 0.0291. The van der Waals surface area contributed by atoms with E-state index in [0.29, 0.717) is 5.65 Å². The molecule has 0 amide bonds. The Balaban J connectivity index is 0.000000346. The normalized spacial score (nSPS) is 11.3. The zero-order chi connectivity index (χ0) is 16.8. The number of nitrogens with one attached hydrogen (secondary N) is 1. The third-order valence-electron chi connectivity index (χ3n) is 2.05. The summed E-state index contributed by atoms with van der Waals surface area (Å²) in [5, 5.41) is 8.56. The molecule has 0 saturated carbocycles. The molecule has 6 N–H and O–H groups in total. The van der Waals surface area contributed by atoms with E-state index in [9.17, 15) is 9.32 Å². The fourth-order valence-corrected chi connectivity index (χ4v) is 1.29. The van der Waals surface area contributed by atoms with E-state index in [4.69, 9.17) is 29.9 Å². The van der Waals surface area contributed by atoms with Gasteiger partial charge in [-0.05, 0) is 4.53 Å². The SMILES string of the molecule is Nc1nc2c(ncn2COCCO)c(=O)[nH]1.O=P(O)(O)OF. The van der Waals surface area contributed by atoms with Crippen molar-refractivity contribution in [2.24, 2.45) is 0 Å². The highest BCUT2D eigenvalue weighted by Crippen LogP contribution is 2.35. The predicted octanol–water partition coefficient (Wildman–Crippen LogP) is -1.35. The minimum atomic E-state index is -4.81. The molecule has 0 unspecified atom stereocenters. The van der Waals surface area contributed by atoms with E-state index in [0.717, 1.165) is 0 Å². The van der Waals surface area contributed by atoms with Crippen LogP contribution in [-0.4, -0.2) is 47.6 Å². The van der Waals surface area contributed by atoms with E-state index >= 15 is 0 Å². The number of nitrogens with zero attached hydrogens (tertiary/aromatic N) is 3. The molecule has 0 aliphatic rings. The molecule has 14 heteroatoms. The van der Waals surface area contributed by atoms with Gasteiger partial charge in [0, 0.05) is 0 Å². The topological polar surface area (TPSA) is 186 Å². The minimum Gasteiger partial charge on any atom is -0.394 e. The van der Waals surface area contributed by atoms with Gasteiger partial charge in [-0.25, -0.2) is 9.55 Å². The van der Waals surface area contributed by atoms with Gasteiger partial charge < -0.3 is 25.4 Å². The van der Waals surface area contributed by atoms with Gasteiger partial charge in [0.05, 0.1) is 19.5 Å². The second kappa shape index (κ2) is 7.93. The van der Waals surface area contributed by atoms with Gasteiger partial charge in [-0.2, -0.15) is 4.98 Å². The van der Waals surface area contributed by atoms with Crippen LogP contribution in [0.1, 0.15) is 0 Å². The van der Waals surface area contributed by atoms with E-state index in [2.05, 4.69) is 19.7 Å². The number of hydrogen-bond acceptors (Lipinski definition) is 8. The molecule has 2 aromatic heterocycles. The second-order valence-electron chi connectivity index (χ2n) is 3.66. The second-order valence-corrected chi connectivity index (χ2v) is 4.78. The van der Waals surface area contributed by atoms with Crippen molar-refractivity contribution in [3.8, 4) is 0 Å². The summed E-state index contributed by atoms with van der Waals surface area (Å²) in [6, 6.07) is 0. The van der Waals surface area contributed by atoms with Gasteiger partial charge in [0.2, 0.25) is 5.95 Å². The van der Waals surface area contributed by atoms with Crippen LogP contribution >= 0.6 is 7.82 Å². The average molecular weight is 341 g/mol. The Hall–Kier alpha value is -1.89. The molecule has 0 spiro atoms. The number of nitrogen functional groups attached to an aromatic ring is 1. The highest BCUT2D eigenvalue weighted by Gasteiger charge is 2.12. The van der Waals surface area contributed by atoms with Crippen molar-refractivity contribution in [2.45, 2.75) is 6.73 Å². The highest BCUT2D eigenvalue weighted by molar-refractivity contribution is 7.46. The van der Waals surface area contributed by atoms with Crippen molar-refractivity contribution in [3.05, 3.63) is 16.7 Å². The number of fused-ring (bicyclic) bond motifs is 1. The van der Waals surface area contributed by atoms with Gasteiger partial charge in [0.15, 0.2) is 11.2 Å². The number of aromatic nitrogens is 4. The standard InChI is InChI=1S/C8H11N5O3.FH2O4P/c9-8-11-6-5(7(15)12-8)10-3-13(6)4-16-2-1-14;1-5-6(2,3)4/h3,14H,1-2,4H2,(H3,9,11,12,15);(H2,2,3,4). The number of aromatic amines is 1. The molecule has 2 rings (SSSR count). The number of anilines is 1. The largest absolute Gasteiger partial charge is 0.500 e. The van der Waals surface area contributed by atoms with Gasteiger partial charge >= 0.3 is 7.82 Å². The van der Waals surface area contributed by atoms with Crippen LogP contribution in [0.4, 0.5) is 10.5 Å². The van der Waals surface area contributed by atoms with Crippen molar-refractivity contribution in [1.29, 1.82) is 0 Å². The number of aliphatic hydroxyl groups excluding tert-OH is 1. The summed E-state index contributed by atoms with van der Waals surface area (Å²) in [5.41, 5.74) is 5.60. The highest BCUT2D eigenvalue weighted by atomic mass is 31.2. The Morgan fingerprint density at radius 2 is 2.14 bits per heavy atom. The van der Waals surface area contributed by atoms with E-state index in [1.54, 1.807) is 0 Å². The summed E-state index contributed by atoms with van der Waals surface area (Å²) >= 11 is 0. The van der Waals surface area contributed by atoms with Crippen LogP contribution in [0.5, 0.6) is 0 Å². The lowest BCUT2D eigenvalue weighted by Crippen LogP contribution is -2.13. The number of halogens is 1. The van der Waals surface area contributed by atoms with Crippen molar-refractivity contribution in [3.63, 3.8) is 0 Å². The maximum Gasteiger partial charge on any atom is 0.500 e. The molecule has 0 atom stereocenters. The van der Waals surface area contributed by atoms with Crippen LogP contribution < -0.4 is 11.3 Å². The Labute approximate surface area is 121 Å². The van der Waals surface area contributed by atoms with E-state index in [1.165, 1.54) is 10.9 Å². The van der Waals surface area contributed by atoms with E-state index in [1.807, 2.05) is 0 Å². The maximum absolute atomic E-state index is 11.4. The number of phosphoric acid groups is 1. The Bertz CT molecular complexity index is 712. The molecule has 0 fully saturated rings. The van der Waals surface area contributed by atoms with Crippen LogP contribution in [0.25, 0.3) is 11.2 Å². The molecule has 12 nitrogen and oxygen atoms in total. The van der Waals surface area contributed by atoms with Crippen LogP contribution in [0.15, 0.2) is 11.1 Å². The van der Waals surface area contributed by atoms with Gasteiger partial charge in [-0.15, -0.1) is 0 Å². The maximum atomic E-state index is 11.4. The van der Waals surface area contributed by atoms with Gasteiger partial charge in [-0.3, -0.25) is 14.3 Å². The molecule has 2 aromatic rings. The number of hydrogen-bond donors (Lipinski definition) is 5. The lowest BCUT2D eigenvalue weighted by Gasteiger charge is -2.03. The number of nitrogens with two attached hydrogens (primary N) is 1. The number of rotatable bonds is 5. The van der Waals surface area contributed by atoms with Crippen molar-refractivity contribution >= 4 is 24.9 Å². The van der Waals surface area contributed by atoms with Crippen LogP contribution in [0.2, 0.25) is 0 Å². The zero-order valence-corrected chi connectivity index (χ0v) is 11.8. The smallest absolute Gasteiger partial charge is 0.394 e. The summed E-state index contributed by atoms with van der Waals surface area (Å²) in [5.74, 6) is 0.0291. The van der Waals surface area contributed by atoms with Crippen LogP contribution in [0, 0.1) is 0 Å². The zero-order valence-electron chi connectivity index (χ0n) is 10.9. The van der Waals surface area contributed by atoms with Crippen molar-refractivity contribution in [1.82, 2.24) is 19.5 Å². The van der Waals surface area contributed by atoms with Gasteiger partial charge in [0.25, 0.3) is 5.56 Å². The summed E-state index contributed by atoms with van der Waals surface area (Å²) in [4.78, 5) is 36.3. The number of H-pyrrole nitrogens is 1. The summed E-state index contributed by atoms with van der Waals surface area (Å²) < 4.78 is 28.1. The molecule has 124 valence electrons. The monoisotopic (exact) mass is 341 g/mol. The first-order valence-corrected chi connectivity index (χ1v) is 7.06. The predicted molar refractivity (Wildman–Crippen MR) is 69.8 cm³/mol. The Morgan fingerprint density at radius 3 is 2.68 bits per heavy atom. The first-order valence-electron chi connectivity index (χ1n) is 5.53. The third-order valence-corrected chi connectivity index (χ3v) is 2.23. The van der Waals surface area contributed by atoms with Crippen molar-refractivity contribution in [2.75, 3.05) is 18.9 Å². The molecule has 0 aromatic carbocycles. The number of ether oxygens (including phenoxy) is 1. The lowest BCUT2D eigenvalue weighted by molar-refractivity contribution is -0.0389. The van der Waals surface area contributed by atoms with Gasteiger partial charge in [0.1, 0.15) is 6.73 Å². The third kappa shape index (κ3) is 5.48. The molecule has 0 aliphatic heterocycles. The molecule has 0 radical (unpaired) electrons. The average Bonchev–Trinajstić information content (AvgIpc) is 2.82.